The van der Waals surface area contributed by atoms with Crippen molar-refractivity contribution < 1.29 is 18.0 Å². The van der Waals surface area contributed by atoms with E-state index in [4.69, 9.17) is 0 Å². The fourth-order valence-corrected chi connectivity index (χ4v) is 4.56. The summed E-state index contributed by atoms with van der Waals surface area (Å²) in [5, 5.41) is 0.960. The van der Waals surface area contributed by atoms with E-state index in [1.54, 1.807) is 24.7 Å². The van der Waals surface area contributed by atoms with E-state index in [1.807, 2.05) is 42.5 Å². The highest BCUT2D eigenvalue weighted by molar-refractivity contribution is 5.81. The number of H-pyrrole nitrogens is 1. The standard InChI is InChI=1S/C30H25F3N4O2/c31-30(32,33)23-8-4-5-20(15-23)9-12-27-29(39)37(28(18-35-27)21-6-2-1-3-7-21)19-25(38)11-10-24-16-22-17-34-14-13-26(22)36-24/h1-8,13-18,36H,9-12,19H2. The summed E-state index contributed by atoms with van der Waals surface area (Å²) in [6.45, 7) is -0.135. The van der Waals surface area contributed by atoms with Crippen LogP contribution < -0.4 is 5.56 Å². The molecule has 2 aromatic carbocycles. The maximum Gasteiger partial charge on any atom is 0.416 e. The lowest BCUT2D eigenvalue weighted by atomic mass is 10.0. The Morgan fingerprint density at radius 2 is 1.74 bits per heavy atom. The summed E-state index contributed by atoms with van der Waals surface area (Å²) >= 11 is 0. The van der Waals surface area contributed by atoms with Crippen LogP contribution in [0.1, 0.15) is 28.9 Å². The predicted octanol–water partition coefficient (Wildman–Crippen LogP) is 5.79. The van der Waals surface area contributed by atoms with Crippen LogP contribution in [0.3, 0.4) is 0 Å². The number of aromatic amines is 1. The fourth-order valence-electron chi connectivity index (χ4n) is 4.56. The molecule has 0 aliphatic carbocycles. The van der Waals surface area contributed by atoms with Gasteiger partial charge in [0.05, 0.1) is 24.0 Å². The summed E-state index contributed by atoms with van der Waals surface area (Å²) in [7, 11) is 0. The lowest BCUT2D eigenvalue weighted by Crippen LogP contribution is -2.30. The molecule has 0 saturated carbocycles. The number of hydrogen-bond donors (Lipinski definition) is 1. The largest absolute Gasteiger partial charge is 0.416 e. The number of pyridine rings is 1. The van der Waals surface area contributed by atoms with Crippen molar-refractivity contribution >= 4 is 16.7 Å². The zero-order chi connectivity index (χ0) is 27.4. The average molecular weight is 531 g/mol. The lowest BCUT2D eigenvalue weighted by Gasteiger charge is -2.14. The Hall–Kier alpha value is -4.53. The molecule has 9 heteroatoms. The van der Waals surface area contributed by atoms with Crippen molar-refractivity contribution in [3.63, 3.8) is 0 Å². The summed E-state index contributed by atoms with van der Waals surface area (Å²) < 4.78 is 40.7. The number of halogens is 3. The number of aryl methyl sites for hydroxylation is 3. The first-order valence-corrected chi connectivity index (χ1v) is 12.5. The maximum absolute atomic E-state index is 13.5. The van der Waals surface area contributed by atoms with E-state index in [9.17, 15) is 22.8 Å². The number of hydrogen-bond acceptors (Lipinski definition) is 4. The van der Waals surface area contributed by atoms with Crippen LogP contribution in [0.15, 0.2) is 90.1 Å². The first kappa shape index (κ1) is 26.1. The smallest absolute Gasteiger partial charge is 0.358 e. The number of benzene rings is 2. The van der Waals surface area contributed by atoms with Gasteiger partial charge in [-0.1, -0.05) is 48.5 Å². The minimum atomic E-state index is -4.44. The first-order valence-electron chi connectivity index (χ1n) is 12.5. The number of carbonyl (C=O) groups excluding carboxylic acids is 1. The predicted molar refractivity (Wildman–Crippen MR) is 142 cm³/mol. The molecule has 5 rings (SSSR count). The molecular weight excluding hydrogens is 505 g/mol. The van der Waals surface area contributed by atoms with Gasteiger partial charge in [-0.15, -0.1) is 0 Å². The van der Waals surface area contributed by atoms with Crippen molar-refractivity contribution in [2.75, 3.05) is 0 Å². The molecule has 0 unspecified atom stereocenters. The Labute approximate surface area is 222 Å². The summed E-state index contributed by atoms with van der Waals surface area (Å²) in [6.07, 6.45) is 1.62. The number of aromatic nitrogens is 4. The molecule has 1 N–H and O–H groups in total. The highest BCUT2D eigenvalue weighted by atomic mass is 19.4. The number of rotatable bonds is 9. The van der Waals surface area contributed by atoms with Gasteiger partial charge in [-0.2, -0.15) is 13.2 Å². The number of carbonyl (C=O) groups is 1. The normalized spacial score (nSPS) is 11.7. The molecule has 6 nitrogen and oxygen atoms in total. The molecule has 3 aromatic heterocycles. The summed E-state index contributed by atoms with van der Waals surface area (Å²) in [6, 6.07) is 18.0. The van der Waals surface area contributed by atoms with E-state index in [1.165, 1.54) is 10.6 Å². The van der Waals surface area contributed by atoms with Gasteiger partial charge in [0.25, 0.3) is 5.56 Å². The van der Waals surface area contributed by atoms with E-state index in [0.29, 0.717) is 17.7 Å². The lowest BCUT2D eigenvalue weighted by molar-refractivity contribution is -0.137. The highest BCUT2D eigenvalue weighted by Gasteiger charge is 2.30. The molecule has 0 saturated heterocycles. The van der Waals surface area contributed by atoms with Gasteiger partial charge in [0, 0.05) is 35.4 Å². The van der Waals surface area contributed by atoms with Crippen LogP contribution in [0.25, 0.3) is 22.2 Å². The molecule has 198 valence electrons. The Kier molecular flexibility index (Phi) is 7.40. The van der Waals surface area contributed by atoms with Gasteiger partial charge in [-0.05, 0) is 48.6 Å². The van der Waals surface area contributed by atoms with Gasteiger partial charge in [0.2, 0.25) is 0 Å². The second-order valence-electron chi connectivity index (χ2n) is 9.34. The Morgan fingerprint density at radius 3 is 2.51 bits per heavy atom. The number of fused-ring (bicyclic) bond motifs is 1. The number of Topliss-reactive ketones (excluding diaryl/α,β-unsaturated/α-hetero) is 1. The van der Waals surface area contributed by atoms with E-state index in [0.717, 1.165) is 34.3 Å². The van der Waals surface area contributed by atoms with Crippen LogP contribution >= 0.6 is 0 Å². The maximum atomic E-state index is 13.5. The molecule has 0 atom stereocenters. The van der Waals surface area contributed by atoms with E-state index < -0.39 is 17.3 Å². The molecule has 0 spiro atoms. The summed E-state index contributed by atoms with van der Waals surface area (Å²) in [5.41, 5.74) is 2.58. The van der Waals surface area contributed by atoms with E-state index in [-0.39, 0.29) is 37.3 Å². The number of alkyl halides is 3. The molecule has 0 aliphatic rings. The average Bonchev–Trinajstić information content (AvgIpc) is 3.36. The van der Waals surface area contributed by atoms with E-state index in [2.05, 4.69) is 15.0 Å². The minimum Gasteiger partial charge on any atom is -0.358 e. The second kappa shape index (κ2) is 11.1. The van der Waals surface area contributed by atoms with Crippen LogP contribution in [0.5, 0.6) is 0 Å². The Bertz CT molecular complexity index is 1640. The molecule has 5 aromatic rings. The number of nitrogens with zero attached hydrogens (tertiary/aromatic N) is 3. The summed E-state index contributed by atoms with van der Waals surface area (Å²) in [4.78, 5) is 38.3. The van der Waals surface area contributed by atoms with Crippen molar-refractivity contribution in [3.05, 3.63) is 118 Å². The molecule has 0 radical (unpaired) electrons. The molecule has 3 heterocycles. The molecule has 0 amide bonds. The van der Waals surface area contributed by atoms with Crippen molar-refractivity contribution in [3.8, 4) is 11.3 Å². The van der Waals surface area contributed by atoms with Gasteiger partial charge in [0.15, 0.2) is 5.78 Å². The van der Waals surface area contributed by atoms with Crippen molar-refractivity contribution in [2.24, 2.45) is 0 Å². The fraction of sp³-hybridized carbons (Fsp3) is 0.200. The zero-order valence-corrected chi connectivity index (χ0v) is 20.9. The molecular formula is C30H25F3N4O2. The monoisotopic (exact) mass is 530 g/mol. The van der Waals surface area contributed by atoms with Crippen LogP contribution in [-0.2, 0) is 36.8 Å². The quantitative estimate of drug-likeness (QED) is 0.262. The first-order chi connectivity index (χ1) is 18.8. The van der Waals surface area contributed by atoms with Crippen molar-refractivity contribution in [2.45, 2.75) is 38.4 Å². The van der Waals surface area contributed by atoms with E-state index >= 15 is 0 Å². The zero-order valence-electron chi connectivity index (χ0n) is 20.9. The van der Waals surface area contributed by atoms with Gasteiger partial charge in [-0.3, -0.25) is 24.1 Å². The van der Waals surface area contributed by atoms with Crippen molar-refractivity contribution in [1.82, 2.24) is 19.5 Å². The van der Waals surface area contributed by atoms with Crippen LogP contribution in [0.2, 0.25) is 0 Å². The molecule has 0 aliphatic heterocycles. The Balaban J connectivity index is 1.37. The molecule has 39 heavy (non-hydrogen) atoms. The Morgan fingerprint density at radius 1 is 0.923 bits per heavy atom. The topological polar surface area (TPSA) is 80.6 Å². The third-order valence-corrected chi connectivity index (χ3v) is 6.58. The molecule has 0 fully saturated rings. The van der Waals surface area contributed by atoms with Gasteiger partial charge in [-0.25, -0.2) is 0 Å². The van der Waals surface area contributed by atoms with Crippen LogP contribution in [0, 0.1) is 0 Å². The minimum absolute atomic E-state index is 0.124. The third kappa shape index (κ3) is 6.14. The van der Waals surface area contributed by atoms with Gasteiger partial charge >= 0.3 is 6.18 Å². The van der Waals surface area contributed by atoms with Crippen LogP contribution in [-0.4, -0.2) is 25.3 Å². The number of ketones is 1. The molecule has 0 bridgehead atoms. The highest BCUT2D eigenvalue weighted by Crippen LogP contribution is 2.29. The van der Waals surface area contributed by atoms with Gasteiger partial charge < -0.3 is 4.98 Å². The number of nitrogens with one attached hydrogen (secondary N) is 1. The second-order valence-corrected chi connectivity index (χ2v) is 9.34. The van der Waals surface area contributed by atoms with Crippen molar-refractivity contribution in [1.29, 1.82) is 0 Å². The van der Waals surface area contributed by atoms with Gasteiger partial charge in [0.1, 0.15) is 5.69 Å². The summed E-state index contributed by atoms with van der Waals surface area (Å²) in [5.74, 6) is -0.124. The third-order valence-electron chi connectivity index (χ3n) is 6.58. The van der Waals surface area contributed by atoms with Crippen LogP contribution in [0.4, 0.5) is 13.2 Å². The SMILES string of the molecule is O=C(CCc1cc2cnccc2[nH]1)Cn1c(-c2ccccc2)cnc(CCc2cccc(C(F)(F)F)c2)c1=O.